The molecule has 1 saturated carbocycles. The Kier molecular flexibility index (Phi) is 2.70. The van der Waals surface area contributed by atoms with Crippen molar-refractivity contribution in [1.29, 1.82) is 0 Å². The zero-order valence-electron chi connectivity index (χ0n) is 12.8. The molecule has 1 aliphatic rings. The van der Waals surface area contributed by atoms with Gasteiger partial charge >= 0.3 is 0 Å². The number of nitrogens with zero attached hydrogens (tertiary/aromatic N) is 5. The van der Waals surface area contributed by atoms with Gasteiger partial charge in [-0.3, -0.25) is 9.89 Å². The maximum atomic E-state index is 12.6. The number of fused-ring (bicyclic) bond motifs is 1. The van der Waals surface area contributed by atoms with Crippen molar-refractivity contribution in [2.24, 2.45) is 0 Å². The number of H-pyrrole nitrogens is 1. The molecule has 3 aromatic heterocycles. The molecule has 24 heavy (non-hydrogen) atoms. The summed E-state index contributed by atoms with van der Waals surface area (Å²) in [6.45, 7) is 0. The van der Waals surface area contributed by atoms with Gasteiger partial charge in [0.15, 0.2) is 11.6 Å². The highest BCUT2D eigenvalue weighted by molar-refractivity contribution is 5.78. The molecule has 0 saturated heterocycles. The second-order valence-corrected chi connectivity index (χ2v) is 5.97. The Morgan fingerprint density at radius 3 is 2.79 bits per heavy atom. The van der Waals surface area contributed by atoms with Crippen molar-refractivity contribution in [3.8, 4) is 17.3 Å². The number of nitrogens with one attached hydrogen (secondary N) is 1. The third-order valence-electron chi connectivity index (χ3n) is 4.30. The molecule has 0 radical (unpaired) electrons. The van der Waals surface area contributed by atoms with Crippen molar-refractivity contribution in [3.05, 3.63) is 59.1 Å². The fourth-order valence-corrected chi connectivity index (χ4v) is 2.94. The molecule has 118 valence electrons. The number of rotatable bonds is 3. The Morgan fingerprint density at radius 1 is 1.08 bits per heavy atom. The van der Waals surface area contributed by atoms with Gasteiger partial charge in [-0.15, -0.1) is 10.2 Å². The summed E-state index contributed by atoms with van der Waals surface area (Å²) >= 11 is 0. The second kappa shape index (κ2) is 4.89. The van der Waals surface area contributed by atoms with Gasteiger partial charge in [0.1, 0.15) is 12.0 Å². The Balaban J connectivity index is 1.65. The highest BCUT2D eigenvalue weighted by Gasteiger charge is 2.27. The molecule has 3 heterocycles. The van der Waals surface area contributed by atoms with Crippen molar-refractivity contribution in [1.82, 2.24) is 29.5 Å². The third kappa shape index (κ3) is 1.98. The van der Waals surface area contributed by atoms with Crippen LogP contribution in [0, 0.1) is 0 Å². The first-order chi connectivity index (χ1) is 11.8. The Labute approximate surface area is 136 Å². The van der Waals surface area contributed by atoms with Crippen LogP contribution in [0.3, 0.4) is 0 Å². The molecule has 7 nitrogen and oxygen atoms in total. The highest BCUT2D eigenvalue weighted by Crippen LogP contribution is 2.37. The lowest BCUT2D eigenvalue weighted by Gasteiger charge is -2.06. The standard InChI is InChI=1S/C17H14N6O/c24-17-12-4-1-2-5-13(12)21-23(17)15-7-3-6-14(19-15)16-20-18-10-22(16)11-8-9-11/h1-7,10-11,21H,8-9H2. The van der Waals surface area contributed by atoms with Crippen LogP contribution in [0.1, 0.15) is 18.9 Å². The zero-order chi connectivity index (χ0) is 16.1. The van der Waals surface area contributed by atoms with E-state index in [1.54, 1.807) is 18.5 Å². The molecule has 0 unspecified atom stereocenters. The van der Waals surface area contributed by atoms with E-state index in [4.69, 9.17) is 0 Å². The van der Waals surface area contributed by atoms with Gasteiger partial charge in [0.2, 0.25) is 0 Å². The van der Waals surface area contributed by atoms with E-state index in [-0.39, 0.29) is 5.56 Å². The van der Waals surface area contributed by atoms with Gasteiger partial charge in [0.05, 0.1) is 10.9 Å². The van der Waals surface area contributed by atoms with Crippen LogP contribution in [0.5, 0.6) is 0 Å². The lowest BCUT2D eigenvalue weighted by Crippen LogP contribution is -2.16. The van der Waals surface area contributed by atoms with Gasteiger partial charge in [-0.1, -0.05) is 18.2 Å². The quantitative estimate of drug-likeness (QED) is 0.628. The summed E-state index contributed by atoms with van der Waals surface area (Å²) in [6.07, 6.45) is 4.04. The van der Waals surface area contributed by atoms with Crippen LogP contribution in [0.25, 0.3) is 28.2 Å². The largest absolute Gasteiger partial charge is 0.309 e. The van der Waals surface area contributed by atoms with Crippen LogP contribution in [0.2, 0.25) is 0 Å². The van der Waals surface area contributed by atoms with E-state index in [2.05, 4.69) is 24.8 Å². The van der Waals surface area contributed by atoms with E-state index in [9.17, 15) is 4.79 Å². The SMILES string of the molecule is O=c1c2ccccc2[nH]n1-c1cccc(-c2nncn2C2CC2)n1. The lowest BCUT2D eigenvalue weighted by molar-refractivity contribution is 0.742. The van der Waals surface area contributed by atoms with E-state index in [0.29, 0.717) is 22.9 Å². The molecular formula is C17H14N6O. The summed E-state index contributed by atoms with van der Waals surface area (Å²) in [4.78, 5) is 17.2. The fraction of sp³-hybridized carbons (Fsp3) is 0.176. The number of hydrogen-bond acceptors (Lipinski definition) is 4. The third-order valence-corrected chi connectivity index (χ3v) is 4.30. The predicted octanol–water partition coefficient (Wildman–Crippen LogP) is 2.31. The normalized spacial score (nSPS) is 14.3. The fourth-order valence-electron chi connectivity index (χ4n) is 2.94. The van der Waals surface area contributed by atoms with Crippen LogP contribution in [-0.2, 0) is 0 Å². The Morgan fingerprint density at radius 2 is 1.96 bits per heavy atom. The first-order valence-electron chi connectivity index (χ1n) is 7.88. The van der Waals surface area contributed by atoms with Crippen molar-refractivity contribution >= 4 is 10.9 Å². The summed E-state index contributed by atoms with van der Waals surface area (Å²) in [7, 11) is 0. The van der Waals surface area contributed by atoms with Gasteiger partial charge in [0, 0.05) is 6.04 Å². The molecule has 1 aliphatic carbocycles. The number of aromatic amines is 1. The minimum absolute atomic E-state index is 0.112. The molecule has 0 aliphatic heterocycles. The molecule has 5 rings (SSSR count). The minimum Gasteiger partial charge on any atom is -0.309 e. The first kappa shape index (κ1) is 13.2. The van der Waals surface area contributed by atoms with E-state index < -0.39 is 0 Å². The minimum atomic E-state index is -0.112. The summed E-state index contributed by atoms with van der Waals surface area (Å²) in [5.41, 5.74) is 1.39. The van der Waals surface area contributed by atoms with Crippen LogP contribution < -0.4 is 5.56 Å². The van der Waals surface area contributed by atoms with Crippen LogP contribution in [0.15, 0.2) is 53.6 Å². The van der Waals surface area contributed by atoms with Crippen LogP contribution in [0.4, 0.5) is 0 Å². The smallest absolute Gasteiger partial charge is 0.280 e. The molecule has 4 aromatic rings. The van der Waals surface area contributed by atoms with Crippen molar-refractivity contribution < 1.29 is 0 Å². The highest BCUT2D eigenvalue weighted by atomic mass is 16.1. The van der Waals surface area contributed by atoms with E-state index in [0.717, 1.165) is 24.2 Å². The molecular weight excluding hydrogens is 304 g/mol. The number of hydrogen-bond donors (Lipinski definition) is 1. The van der Waals surface area contributed by atoms with Gasteiger partial charge < -0.3 is 4.57 Å². The van der Waals surface area contributed by atoms with E-state index >= 15 is 0 Å². The summed E-state index contributed by atoms with van der Waals surface area (Å²) < 4.78 is 3.52. The van der Waals surface area contributed by atoms with Crippen molar-refractivity contribution in [2.75, 3.05) is 0 Å². The molecule has 7 heteroatoms. The Hall–Kier alpha value is -3.22. The summed E-state index contributed by atoms with van der Waals surface area (Å²) in [5.74, 6) is 1.28. The van der Waals surface area contributed by atoms with Crippen molar-refractivity contribution in [3.63, 3.8) is 0 Å². The van der Waals surface area contributed by atoms with Gasteiger partial charge in [-0.25, -0.2) is 9.67 Å². The number of para-hydroxylation sites is 1. The number of aromatic nitrogens is 6. The lowest BCUT2D eigenvalue weighted by atomic mass is 10.3. The maximum Gasteiger partial charge on any atom is 0.280 e. The molecule has 1 N–H and O–H groups in total. The average molecular weight is 318 g/mol. The molecule has 1 aromatic carbocycles. The summed E-state index contributed by atoms with van der Waals surface area (Å²) in [6, 6.07) is 13.5. The van der Waals surface area contributed by atoms with E-state index in [1.165, 1.54) is 4.68 Å². The van der Waals surface area contributed by atoms with Gasteiger partial charge in [0.25, 0.3) is 5.56 Å². The molecule has 0 bridgehead atoms. The topological polar surface area (TPSA) is 81.4 Å². The second-order valence-electron chi connectivity index (χ2n) is 5.97. The monoisotopic (exact) mass is 318 g/mol. The van der Waals surface area contributed by atoms with Gasteiger partial charge in [-0.2, -0.15) is 0 Å². The van der Waals surface area contributed by atoms with Crippen LogP contribution >= 0.6 is 0 Å². The average Bonchev–Trinajstić information content (AvgIpc) is 3.25. The van der Waals surface area contributed by atoms with Crippen molar-refractivity contribution in [2.45, 2.75) is 18.9 Å². The van der Waals surface area contributed by atoms with Crippen LogP contribution in [-0.4, -0.2) is 29.5 Å². The molecule has 0 spiro atoms. The predicted molar refractivity (Wildman–Crippen MR) is 89.0 cm³/mol. The number of pyridine rings is 1. The Bertz CT molecular complexity index is 1100. The first-order valence-corrected chi connectivity index (χ1v) is 7.88. The molecule has 0 amide bonds. The van der Waals surface area contributed by atoms with Gasteiger partial charge in [-0.05, 0) is 37.1 Å². The molecule has 0 atom stereocenters. The zero-order valence-corrected chi connectivity index (χ0v) is 12.8. The maximum absolute atomic E-state index is 12.6. The summed E-state index contributed by atoms with van der Waals surface area (Å²) in [5, 5.41) is 12.0. The van der Waals surface area contributed by atoms with E-state index in [1.807, 2.05) is 30.3 Å². The molecule has 1 fully saturated rings. The number of benzene rings is 1.